The minimum absolute atomic E-state index is 0.228. The molecule has 0 amide bonds. The number of piperidine rings is 1. The number of aromatic nitrogens is 4. The van der Waals surface area contributed by atoms with E-state index in [-0.39, 0.29) is 5.56 Å². The number of rotatable bonds is 9. The van der Waals surface area contributed by atoms with E-state index in [1.807, 2.05) is 0 Å². The first-order chi connectivity index (χ1) is 16.1. The summed E-state index contributed by atoms with van der Waals surface area (Å²) in [5.74, 6) is 0.886. The summed E-state index contributed by atoms with van der Waals surface area (Å²) in [6.45, 7) is 5.23. The van der Waals surface area contributed by atoms with Crippen LogP contribution in [0.2, 0.25) is 0 Å². The number of hydrogen-bond acceptors (Lipinski definition) is 7. The number of hydrogen-bond donors (Lipinski definition) is 3. The van der Waals surface area contributed by atoms with E-state index in [0.29, 0.717) is 34.4 Å². The molecule has 176 valence electrons. The molecule has 0 bridgehead atoms. The van der Waals surface area contributed by atoms with Gasteiger partial charge in [0.05, 0.1) is 12.7 Å². The van der Waals surface area contributed by atoms with Gasteiger partial charge in [0.2, 0.25) is 5.88 Å². The molecule has 1 fully saturated rings. The van der Waals surface area contributed by atoms with Gasteiger partial charge < -0.3 is 14.7 Å². The van der Waals surface area contributed by atoms with Gasteiger partial charge in [-0.3, -0.25) is 15.2 Å². The van der Waals surface area contributed by atoms with Crippen LogP contribution in [0.3, 0.4) is 0 Å². The van der Waals surface area contributed by atoms with Crippen LogP contribution >= 0.6 is 0 Å². The maximum atomic E-state index is 12.9. The zero-order valence-electron chi connectivity index (χ0n) is 19.2. The van der Waals surface area contributed by atoms with Crippen molar-refractivity contribution >= 4 is 0 Å². The Hall–Kier alpha value is -3.01. The van der Waals surface area contributed by atoms with Gasteiger partial charge in [0.15, 0.2) is 5.82 Å². The van der Waals surface area contributed by atoms with Crippen LogP contribution < -0.4 is 15.6 Å². The van der Waals surface area contributed by atoms with Crippen LogP contribution in [0.5, 0.6) is 5.88 Å². The fourth-order valence-electron chi connectivity index (χ4n) is 4.26. The van der Waals surface area contributed by atoms with Crippen molar-refractivity contribution in [2.75, 3.05) is 26.7 Å². The number of aliphatic hydroxyl groups is 1. The third kappa shape index (κ3) is 5.50. The van der Waals surface area contributed by atoms with E-state index in [2.05, 4.69) is 32.2 Å². The first-order valence-corrected chi connectivity index (χ1v) is 11.5. The molecule has 2 atom stereocenters. The summed E-state index contributed by atoms with van der Waals surface area (Å²) in [4.78, 5) is 23.8. The first-order valence-electron chi connectivity index (χ1n) is 11.5. The smallest absolute Gasteiger partial charge is 0.280 e. The molecule has 4 rings (SSSR count). The molecular formula is C24H32N6O3. The predicted molar refractivity (Wildman–Crippen MR) is 126 cm³/mol. The van der Waals surface area contributed by atoms with Crippen molar-refractivity contribution in [3.8, 4) is 22.8 Å². The van der Waals surface area contributed by atoms with Crippen LogP contribution in [0.4, 0.5) is 0 Å². The molecule has 1 saturated heterocycles. The molecule has 33 heavy (non-hydrogen) atoms. The minimum Gasteiger partial charge on any atom is -0.481 e. The Morgan fingerprint density at radius 2 is 2.18 bits per heavy atom. The van der Waals surface area contributed by atoms with Crippen LogP contribution in [0, 0.1) is 0 Å². The van der Waals surface area contributed by atoms with Crippen LogP contribution in [0.1, 0.15) is 44.4 Å². The van der Waals surface area contributed by atoms with Gasteiger partial charge >= 0.3 is 0 Å². The molecule has 3 aromatic heterocycles. The molecular weight excluding hydrogens is 420 g/mol. The highest BCUT2D eigenvalue weighted by atomic mass is 16.5. The number of nitrogens with zero attached hydrogens (tertiary/aromatic N) is 4. The predicted octanol–water partition coefficient (Wildman–Crippen LogP) is 2.48. The summed E-state index contributed by atoms with van der Waals surface area (Å²) < 4.78 is 6.51. The fourth-order valence-corrected chi connectivity index (χ4v) is 4.26. The average Bonchev–Trinajstić information content (AvgIpc) is 3.24. The molecule has 9 heteroatoms. The Kier molecular flexibility index (Phi) is 7.54. The number of likely N-dealkylation sites (tertiary alicyclic amines) is 1. The Morgan fingerprint density at radius 1 is 1.30 bits per heavy atom. The lowest BCUT2D eigenvalue weighted by atomic mass is 10.0. The molecule has 3 N–H and O–H groups in total. The molecule has 0 aromatic carbocycles. The van der Waals surface area contributed by atoms with Crippen molar-refractivity contribution in [1.29, 1.82) is 0 Å². The highest BCUT2D eigenvalue weighted by molar-refractivity contribution is 5.62. The van der Waals surface area contributed by atoms with Gasteiger partial charge in [0, 0.05) is 36.3 Å². The second kappa shape index (κ2) is 10.7. The van der Waals surface area contributed by atoms with E-state index >= 15 is 0 Å². The van der Waals surface area contributed by atoms with Crippen LogP contribution in [0.25, 0.3) is 16.9 Å². The van der Waals surface area contributed by atoms with E-state index in [9.17, 15) is 9.90 Å². The maximum Gasteiger partial charge on any atom is 0.280 e. The van der Waals surface area contributed by atoms with Crippen LogP contribution in [-0.2, 0) is 0 Å². The second-order valence-corrected chi connectivity index (χ2v) is 8.46. The number of aromatic amines is 1. The second-order valence-electron chi connectivity index (χ2n) is 8.46. The van der Waals surface area contributed by atoms with E-state index in [4.69, 9.17) is 4.74 Å². The van der Waals surface area contributed by atoms with Crippen molar-refractivity contribution in [3.63, 3.8) is 0 Å². The van der Waals surface area contributed by atoms with Crippen LogP contribution in [0.15, 0.2) is 47.7 Å². The topological polar surface area (TPSA) is 108 Å². The van der Waals surface area contributed by atoms with Crippen molar-refractivity contribution in [1.82, 2.24) is 30.0 Å². The summed E-state index contributed by atoms with van der Waals surface area (Å²) in [7, 11) is 1.53. The van der Waals surface area contributed by atoms with Gasteiger partial charge in [-0.2, -0.15) is 0 Å². The van der Waals surface area contributed by atoms with Gasteiger partial charge in [-0.05, 0) is 69.6 Å². The Balaban J connectivity index is 1.35. The number of pyridine rings is 2. The normalized spacial score (nSPS) is 17.7. The molecule has 0 radical (unpaired) electrons. The third-order valence-corrected chi connectivity index (χ3v) is 6.24. The summed E-state index contributed by atoms with van der Waals surface area (Å²) in [5.41, 5.74) is 1.63. The fraction of sp³-hybridized carbons (Fsp3) is 0.458. The highest BCUT2D eigenvalue weighted by Crippen LogP contribution is 2.20. The average molecular weight is 453 g/mol. The Bertz CT molecular complexity index is 1090. The maximum absolute atomic E-state index is 12.9. The highest BCUT2D eigenvalue weighted by Gasteiger charge is 2.17. The molecule has 0 aliphatic carbocycles. The number of aliphatic hydroxyl groups excluding tert-OH is 1. The molecule has 9 nitrogen and oxygen atoms in total. The van der Waals surface area contributed by atoms with E-state index in [0.717, 1.165) is 19.5 Å². The molecule has 2 unspecified atom stereocenters. The van der Waals surface area contributed by atoms with Crippen molar-refractivity contribution < 1.29 is 9.84 Å². The standard InChI is InChI=1S/C24H32N6O3/c1-17-6-3-4-12-29(17)13-5-10-26-23(31)19-7-8-21(27-15-19)30-24(32)20(16-28-30)18-9-11-25-22(14-18)33-2/h7-9,11,14-17,23,26,28,31H,3-6,10,12-13H2,1-2H3. The number of ether oxygens (including phenoxy) is 1. The van der Waals surface area contributed by atoms with Crippen molar-refractivity contribution in [3.05, 3.63) is 58.8 Å². The quantitative estimate of drug-likeness (QED) is 0.338. The monoisotopic (exact) mass is 452 g/mol. The van der Waals surface area contributed by atoms with Crippen LogP contribution in [-0.4, -0.2) is 62.5 Å². The largest absolute Gasteiger partial charge is 0.481 e. The molecule has 0 spiro atoms. The SMILES string of the molecule is COc1cc(-c2c[nH]n(-c3ccc(C(O)NCCCN4CCCCC4C)cn3)c2=O)ccn1. The van der Waals surface area contributed by atoms with Crippen molar-refractivity contribution in [2.24, 2.45) is 0 Å². The summed E-state index contributed by atoms with van der Waals surface area (Å²) in [6.07, 6.45) is 8.87. The Labute approximate surface area is 193 Å². The summed E-state index contributed by atoms with van der Waals surface area (Å²) >= 11 is 0. The third-order valence-electron chi connectivity index (χ3n) is 6.24. The van der Waals surface area contributed by atoms with Gasteiger partial charge in [-0.1, -0.05) is 6.42 Å². The van der Waals surface area contributed by atoms with E-state index in [1.54, 1.807) is 42.9 Å². The first kappa shape index (κ1) is 23.2. The lowest BCUT2D eigenvalue weighted by molar-refractivity contribution is 0.128. The lowest BCUT2D eigenvalue weighted by Gasteiger charge is -2.33. The molecule has 1 aliphatic rings. The molecule has 4 heterocycles. The van der Waals surface area contributed by atoms with Gasteiger partial charge in [-0.25, -0.2) is 14.6 Å². The van der Waals surface area contributed by atoms with E-state index in [1.165, 1.54) is 37.6 Å². The molecule has 3 aromatic rings. The minimum atomic E-state index is -0.800. The van der Waals surface area contributed by atoms with E-state index < -0.39 is 6.23 Å². The number of methoxy groups -OCH3 is 1. The van der Waals surface area contributed by atoms with Gasteiger partial charge in [0.1, 0.15) is 6.23 Å². The summed E-state index contributed by atoms with van der Waals surface area (Å²) in [6, 6.07) is 7.60. The number of H-pyrrole nitrogens is 1. The summed E-state index contributed by atoms with van der Waals surface area (Å²) in [5, 5.41) is 16.6. The van der Waals surface area contributed by atoms with Crippen molar-refractivity contribution in [2.45, 2.75) is 44.9 Å². The van der Waals surface area contributed by atoms with Gasteiger partial charge in [0.25, 0.3) is 5.56 Å². The number of nitrogens with one attached hydrogen (secondary N) is 2. The lowest BCUT2D eigenvalue weighted by Crippen LogP contribution is -2.39. The van der Waals surface area contributed by atoms with Gasteiger partial charge in [-0.15, -0.1) is 0 Å². The molecule has 0 saturated carbocycles. The Morgan fingerprint density at radius 3 is 2.94 bits per heavy atom. The molecule has 1 aliphatic heterocycles. The zero-order valence-corrected chi connectivity index (χ0v) is 19.2. The zero-order chi connectivity index (χ0) is 23.2.